The van der Waals surface area contributed by atoms with Gasteiger partial charge in [0.1, 0.15) is 0 Å². The zero-order valence-electron chi connectivity index (χ0n) is 9.98. The summed E-state index contributed by atoms with van der Waals surface area (Å²) >= 11 is 0. The molecule has 4 nitrogen and oxygen atoms in total. The summed E-state index contributed by atoms with van der Waals surface area (Å²) in [4.78, 5) is 12.0. The molecule has 2 rings (SSSR count). The van der Waals surface area contributed by atoms with Gasteiger partial charge < -0.3 is 15.4 Å². The Kier molecular flexibility index (Phi) is 4.12. The summed E-state index contributed by atoms with van der Waals surface area (Å²) < 4.78 is 5.36. The van der Waals surface area contributed by atoms with E-state index < -0.39 is 0 Å². The molecule has 1 fully saturated rings. The normalized spacial score (nSPS) is 24.3. The highest BCUT2D eigenvalue weighted by molar-refractivity contribution is 5.94. The van der Waals surface area contributed by atoms with Crippen molar-refractivity contribution in [3.05, 3.63) is 35.9 Å². The van der Waals surface area contributed by atoms with Gasteiger partial charge in [-0.05, 0) is 25.1 Å². The Morgan fingerprint density at radius 1 is 1.41 bits per heavy atom. The average molecular weight is 234 g/mol. The lowest BCUT2D eigenvalue weighted by Gasteiger charge is -2.31. The third-order valence-corrected chi connectivity index (χ3v) is 3.08. The molecule has 0 saturated carbocycles. The van der Waals surface area contributed by atoms with Gasteiger partial charge in [0.25, 0.3) is 5.91 Å². The highest BCUT2D eigenvalue weighted by Crippen LogP contribution is 2.08. The minimum atomic E-state index is -0.0282. The minimum absolute atomic E-state index is 0.0282. The lowest BCUT2D eigenvalue weighted by atomic mass is 10.0. The summed E-state index contributed by atoms with van der Waals surface area (Å²) in [5.74, 6) is -0.0282. The number of ether oxygens (including phenoxy) is 1. The van der Waals surface area contributed by atoms with E-state index in [-0.39, 0.29) is 18.1 Å². The Morgan fingerprint density at radius 3 is 2.88 bits per heavy atom. The molecule has 0 aromatic heterocycles. The molecule has 0 bridgehead atoms. The molecule has 4 heteroatoms. The fraction of sp³-hybridized carbons (Fsp3) is 0.462. The van der Waals surface area contributed by atoms with Crippen LogP contribution in [0.1, 0.15) is 16.8 Å². The molecular weight excluding hydrogens is 216 g/mol. The zero-order chi connectivity index (χ0) is 12.1. The zero-order valence-corrected chi connectivity index (χ0v) is 9.98. The van der Waals surface area contributed by atoms with E-state index in [4.69, 9.17) is 4.74 Å². The highest BCUT2D eigenvalue weighted by Gasteiger charge is 2.26. The van der Waals surface area contributed by atoms with Crippen molar-refractivity contribution < 1.29 is 9.53 Å². The van der Waals surface area contributed by atoms with Crippen LogP contribution in [0, 0.1) is 0 Å². The lowest BCUT2D eigenvalue weighted by molar-refractivity contribution is 0.0476. The Morgan fingerprint density at radius 2 is 2.18 bits per heavy atom. The van der Waals surface area contributed by atoms with E-state index in [9.17, 15) is 4.79 Å². The second-order valence-corrected chi connectivity index (χ2v) is 4.21. The fourth-order valence-electron chi connectivity index (χ4n) is 2.08. The molecule has 0 aliphatic carbocycles. The van der Waals surface area contributed by atoms with Crippen LogP contribution >= 0.6 is 0 Å². The fourth-order valence-corrected chi connectivity index (χ4v) is 2.08. The van der Waals surface area contributed by atoms with Crippen molar-refractivity contribution in [1.29, 1.82) is 0 Å². The van der Waals surface area contributed by atoms with E-state index >= 15 is 0 Å². The number of piperidine rings is 1. The van der Waals surface area contributed by atoms with Crippen molar-refractivity contribution in [1.82, 2.24) is 10.6 Å². The predicted molar refractivity (Wildman–Crippen MR) is 66.0 cm³/mol. The second kappa shape index (κ2) is 5.80. The van der Waals surface area contributed by atoms with Crippen LogP contribution in [0.3, 0.4) is 0 Å². The molecule has 0 unspecified atom stereocenters. The first-order valence-electron chi connectivity index (χ1n) is 5.90. The van der Waals surface area contributed by atoms with Crippen LogP contribution < -0.4 is 10.6 Å². The van der Waals surface area contributed by atoms with Crippen molar-refractivity contribution in [2.75, 3.05) is 20.2 Å². The number of carbonyl (C=O) groups excluding carboxylic acids is 1. The third kappa shape index (κ3) is 3.05. The number of hydrogen-bond donors (Lipinski definition) is 2. The highest BCUT2D eigenvalue weighted by atomic mass is 16.5. The van der Waals surface area contributed by atoms with Crippen molar-refractivity contribution in [2.45, 2.75) is 18.6 Å². The number of rotatable bonds is 3. The lowest BCUT2D eigenvalue weighted by Crippen LogP contribution is -2.53. The van der Waals surface area contributed by atoms with Gasteiger partial charge in [0.2, 0.25) is 0 Å². The van der Waals surface area contributed by atoms with E-state index in [2.05, 4.69) is 10.6 Å². The SMILES string of the molecule is CO[C@@H]1CNCC[C@H]1NC(=O)c1ccccc1. The molecular formula is C13H18N2O2. The number of nitrogens with one attached hydrogen (secondary N) is 2. The van der Waals surface area contributed by atoms with Crippen LogP contribution in [0.4, 0.5) is 0 Å². The maximum absolute atomic E-state index is 12.0. The van der Waals surface area contributed by atoms with Gasteiger partial charge in [-0.2, -0.15) is 0 Å². The number of amides is 1. The van der Waals surface area contributed by atoms with E-state index in [0.717, 1.165) is 19.5 Å². The van der Waals surface area contributed by atoms with Crippen LogP contribution in [-0.4, -0.2) is 38.3 Å². The third-order valence-electron chi connectivity index (χ3n) is 3.08. The Balaban J connectivity index is 1.98. The topological polar surface area (TPSA) is 50.4 Å². The summed E-state index contributed by atoms with van der Waals surface area (Å²) in [5.41, 5.74) is 0.695. The van der Waals surface area contributed by atoms with E-state index in [1.165, 1.54) is 0 Å². The number of methoxy groups -OCH3 is 1. The smallest absolute Gasteiger partial charge is 0.251 e. The van der Waals surface area contributed by atoms with Gasteiger partial charge in [-0.25, -0.2) is 0 Å². The van der Waals surface area contributed by atoms with Gasteiger partial charge >= 0.3 is 0 Å². The summed E-state index contributed by atoms with van der Waals surface area (Å²) in [6, 6.07) is 9.36. The molecule has 1 aromatic rings. The van der Waals surface area contributed by atoms with Crippen molar-refractivity contribution in [3.8, 4) is 0 Å². The van der Waals surface area contributed by atoms with Crippen LogP contribution in [-0.2, 0) is 4.74 Å². The molecule has 2 atom stereocenters. The molecule has 1 aliphatic heterocycles. The molecule has 1 aliphatic rings. The number of benzene rings is 1. The molecule has 1 aromatic carbocycles. The number of carbonyl (C=O) groups is 1. The van der Waals surface area contributed by atoms with Crippen molar-refractivity contribution in [3.63, 3.8) is 0 Å². The first-order valence-corrected chi connectivity index (χ1v) is 5.90. The summed E-state index contributed by atoms with van der Waals surface area (Å²) in [6.45, 7) is 1.70. The molecule has 1 amide bonds. The molecule has 92 valence electrons. The standard InChI is InChI=1S/C13H18N2O2/c1-17-12-9-14-8-7-11(12)15-13(16)10-5-3-2-4-6-10/h2-6,11-12,14H,7-9H2,1H3,(H,15,16)/t11-,12-/m1/s1. The molecule has 1 saturated heterocycles. The van der Waals surface area contributed by atoms with Crippen LogP contribution in [0.2, 0.25) is 0 Å². The monoisotopic (exact) mass is 234 g/mol. The van der Waals surface area contributed by atoms with Crippen LogP contribution in [0.5, 0.6) is 0 Å². The minimum Gasteiger partial charge on any atom is -0.378 e. The Bertz CT molecular complexity index is 367. The van der Waals surface area contributed by atoms with E-state index in [1.807, 2.05) is 30.3 Å². The molecule has 1 heterocycles. The molecule has 2 N–H and O–H groups in total. The summed E-state index contributed by atoms with van der Waals surface area (Å²) in [6.07, 6.45) is 0.952. The second-order valence-electron chi connectivity index (χ2n) is 4.21. The van der Waals surface area contributed by atoms with E-state index in [0.29, 0.717) is 5.56 Å². The quantitative estimate of drug-likeness (QED) is 0.813. The Labute approximate surface area is 101 Å². The van der Waals surface area contributed by atoms with Gasteiger partial charge in [-0.3, -0.25) is 4.79 Å². The maximum Gasteiger partial charge on any atom is 0.251 e. The largest absolute Gasteiger partial charge is 0.378 e. The van der Waals surface area contributed by atoms with Crippen LogP contribution in [0.25, 0.3) is 0 Å². The first kappa shape index (κ1) is 12.1. The average Bonchev–Trinajstić information content (AvgIpc) is 2.40. The maximum atomic E-state index is 12.0. The van der Waals surface area contributed by atoms with Gasteiger partial charge in [-0.1, -0.05) is 18.2 Å². The van der Waals surface area contributed by atoms with E-state index in [1.54, 1.807) is 7.11 Å². The van der Waals surface area contributed by atoms with Crippen molar-refractivity contribution in [2.24, 2.45) is 0 Å². The van der Waals surface area contributed by atoms with Crippen molar-refractivity contribution >= 4 is 5.91 Å². The summed E-state index contributed by atoms with van der Waals surface area (Å²) in [5, 5.41) is 6.28. The van der Waals surface area contributed by atoms with Gasteiger partial charge in [0.15, 0.2) is 0 Å². The number of hydrogen-bond acceptors (Lipinski definition) is 3. The van der Waals surface area contributed by atoms with Gasteiger partial charge in [0.05, 0.1) is 12.1 Å². The van der Waals surface area contributed by atoms with Crippen LogP contribution in [0.15, 0.2) is 30.3 Å². The molecule has 17 heavy (non-hydrogen) atoms. The molecule has 0 spiro atoms. The van der Waals surface area contributed by atoms with Gasteiger partial charge in [0, 0.05) is 19.2 Å². The first-order chi connectivity index (χ1) is 8.31. The predicted octanol–water partition coefficient (Wildman–Crippen LogP) is 0.793. The Hall–Kier alpha value is -1.39. The summed E-state index contributed by atoms with van der Waals surface area (Å²) in [7, 11) is 1.68. The molecule has 0 radical (unpaired) electrons. The van der Waals surface area contributed by atoms with Gasteiger partial charge in [-0.15, -0.1) is 0 Å².